The first-order chi connectivity index (χ1) is 16.2. The van der Waals surface area contributed by atoms with Crippen molar-refractivity contribution in [3.05, 3.63) is 76.0 Å². The number of carbonyl (C=O) groups is 2. The van der Waals surface area contributed by atoms with E-state index in [0.29, 0.717) is 17.0 Å². The molecule has 0 bridgehead atoms. The van der Waals surface area contributed by atoms with Crippen molar-refractivity contribution >= 4 is 23.2 Å². The van der Waals surface area contributed by atoms with Crippen LogP contribution >= 0.6 is 11.3 Å². The molecule has 0 radical (unpaired) electrons. The Labute approximate surface area is 195 Å². The summed E-state index contributed by atoms with van der Waals surface area (Å²) in [5.74, 6) is -1.44. The van der Waals surface area contributed by atoms with Gasteiger partial charge in [0.2, 0.25) is 0 Å². The number of halogens is 4. The molecule has 0 aliphatic heterocycles. The van der Waals surface area contributed by atoms with Crippen LogP contribution in [0.15, 0.2) is 53.9 Å². The fraction of sp³-hybridized carbons (Fsp3) is 0.227. The van der Waals surface area contributed by atoms with E-state index < -0.39 is 23.9 Å². The van der Waals surface area contributed by atoms with E-state index >= 15 is 0 Å². The summed E-state index contributed by atoms with van der Waals surface area (Å²) >= 11 is 1.18. The fourth-order valence-electron chi connectivity index (χ4n) is 2.71. The van der Waals surface area contributed by atoms with Gasteiger partial charge in [-0.1, -0.05) is 18.2 Å². The van der Waals surface area contributed by atoms with Crippen LogP contribution < -0.4 is 20.1 Å². The van der Waals surface area contributed by atoms with Crippen LogP contribution in [0.1, 0.15) is 21.1 Å². The molecule has 34 heavy (non-hydrogen) atoms. The largest absolute Gasteiger partial charge is 0.573 e. The molecule has 0 aliphatic carbocycles. The average molecular weight is 497 g/mol. The Bertz CT molecular complexity index is 1120. The number of nitrogens with zero attached hydrogens (tertiary/aromatic N) is 1. The average Bonchev–Trinajstić information content (AvgIpc) is 3.27. The monoisotopic (exact) mass is 497 g/mol. The molecule has 2 aromatic carbocycles. The fourth-order valence-corrected chi connectivity index (χ4v) is 3.42. The van der Waals surface area contributed by atoms with Crippen LogP contribution in [0.4, 0.5) is 17.6 Å². The number of amides is 2. The van der Waals surface area contributed by atoms with Gasteiger partial charge in [-0.3, -0.25) is 9.59 Å². The summed E-state index contributed by atoms with van der Waals surface area (Å²) in [7, 11) is 0. The molecule has 0 spiro atoms. The van der Waals surface area contributed by atoms with Crippen molar-refractivity contribution in [3.63, 3.8) is 0 Å². The van der Waals surface area contributed by atoms with Crippen molar-refractivity contribution in [1.29, 1.82) is 0 Å². The number of benzene rings is 2. The number of hydrogen-bond acceptors (Lipinski definition) is 6. The maximum Gasteiger partial charge on any atom is 0.573 e. The van der Waals surface area contributed by atoms with Gasteiger partial charge in [-0.15, -0.1) is 24.5 Å². The number of thiazole rings is 1. The predicted octanol–water partition coefficient (Wildman–Crippen LogP) is 3.85. The number of rotatable bonds is 10. The minimum absolute atomic E-state index is 0.0632. The maximum atomic E-state index is 13.6. The van der Waals surface area contributed by atoms with Gasteiger partial charge < -0.3 is 20.1 Å². The molecule has 3 aromatic rings. The molecule has 2 amide bonds. The number of hydrogen-bond donors (Lipinski definition) is 2. The molecule has 0 aliphatic rings. The van der Waals surface area contributed by atoms with Gasteiger partial charge in [0.15, 0.2) is 6.61 Å². The van der Waals surface area contributed by atoms with E-state index in [-0.39, 0.29) is 37.0 Å². The van der Waals surface area contributed by atoms with Crippen LogP contribution in [0, 0.1) is 5.82 Å². The number of nitrogens with one attached hydrogen (secondary N) is 2. The topological polar surface area (TPSA) is 89.6 Å². The van der Waals surface area contributed by atoms with E-state index in [9.17, 15) is 27.2 Å². The molecule has 180 valence electrons. The Morgan fingerprint density at radius 3 is 2.41 bits per heavy atom. The quantitative estimate of drug-likeness (QED) is 0.416. The van der Waals surface area contributed by atoms with Crippen molar-refractivity contribution in [3.8, 4) is 11.5 Å². The Kier molecular flexibility index (Phi) is 8.41. The lowest BCUT2D eigenvalue weighted by molar-refractivity contribution is -0.274. The first-order valence-electron chi connectivity index (χ1n) is 9.91. The minimum atomic E-state index is -4.79. The highest BCUT2D eigenvalue weighted by Gasteiger charge is 2.31. The third kappa shape index (κ3) is 8.03. The Morgan fingerprint density at radius 1 is 1.00 bits per heavy atom. The maximum absolute atomic E-state index is 13.6. The highest BCUT2D eigenvalue weighted by atomic mass is 32.1. The van der Waals surface area contributed by atoms with E-state index in [1.54, 1.807) is 23.6 Å². The van der Waals surface area contributed by atoms with E-state index in [0.717, 1.165) is 12.1 Å². The van der Waals surface area contributed by atoms with Crippen LogP contribution in [0.5, 0.6) is 11.5 Å². The Morgan fingerprint density at radius 2 is 1.71 bits per heavy atom. The van der Waals surface area contributed by atoms with Gasteiger partial charge in [0.25, 0.3) is 11.8 Å². The van der Waals surface area contributed by atoms with E-state index in [1.807, 2.05) is 0 Å². The van der Waals surface area contributed by atoms with Crippen molar-refractivity contribution in [2.24, 2.45) is 0 Å². The van der Waals surface area contributed by atoms with Crippen molar-refractivity contribution in [2.45, 2.75) is 19.3 Å². The summed E-state index contributed by atoms with van der Waals surface area (Å²) in [5.41, 5.74) is 0.678. The molecule has 1 heterocycles. The normalized spacial score (nSPS) is 11.1. The minimum Gasteiger partial charge on any atom is -0.484 e. The zero-order valence-corrected chi connectivity index (χ0v) is 18.3. The number of aromatic nitrogens is 1. The van der Waals surface area contributed by atoms with Crippen molar-refractivity contribution < 1.29 is 36.6 Å². The first kappa shape index (κ1) is 25.0. The van der Waals surface area contributed by atoms with Gasteiger partial charge in [0.1, 0.15) is 28.0 Å². The second-order valence-corrected chi connectivity index (χ2v) is 7.75. The molecule has 3 rings (SSSR count). The van der Waals surface area contributed by atoms with Crippen LogP contribution in [0.2, 0.25) is 0 Å². The molecule has 12 heteroatoms. The highest BCUT2D eigenvalue weighted by Crippen LogP contribution is 2.24. The summed E-state index contributed by atoms with van der Waals surface area (Å²) in [6, 6.07) is 10.9. The van der Waals surface area contributed by atoms with Crippen LogP contribution in [-0.2, 0) is 17.8 Å². The van der Waals surface area contributed by atoms with Crippen molar-refractivity contribution in [2.75, 3.05) is 13.2 Å². The second-order valence-electron chi connectivity index (χ2n) is 6.81. The van der Waals surface area contributed by atoms with Crippen LogP contribution in [0.3, 0.4) is 0 Å². The van der Waals surface area contributed by atoms with Crippen molar-refractivity contribution in [1.82, 2.24) is 15.6 Å². The number of ether oxygens (including phenoxy) is 2. The summed E-state index contributed by atoms with van der Waals surface area (Å²) in [5, 5.41) is 7.27. The third-order valence-electron chi connectivity index (χ3n) is 4.29. The molecular formula is C22H19F4N3O4S. The second kappa shape index (κ2) is 11.5. The molecule has 0 unspecified atom stereocenters. The van der Waals surface area contributed by atoms with Gasteiger partial charge in [-0.05, 0) is 42.3 Å². The molecule has 0 saturated heterocycles. The summed E-state index contributed by atoms with van der Waals surface area (Å²) in [4.78, 5) is 28.3. The SMILES string of the molecule is O=C(COc1ccc(OC(F)(F)F)cc1)NCc1nc(C(=O)NCCc2ccccc2F)cs1. The molecule has 2 N–H and O–H groups in total. The predicted molar refractivity (Wildman–Crippen MR) is 115 cm³/mol. The molecule has 1 aromatic heterocycles. The number of alkyl halides is 3. The lowest BCUT2D eigenvalue weighted by Crippen LogP contribution is -2.28. The van der Waals surface area contributed by atoms with Crippen LogP contribution in [-0.4, -0.2) is 36.3 Å². The van der Waals surface area contributed by atoms with Gasteiger partial charge >= 0.3 is 6.36 Å². The zero-order valence-electron chi connectivity index (χ0n) is 17.5. The zero-order chi connectivity index (χ0) is 24.6. The Hall–Kier alpha value is -3.67. The lowest BCUT2D eigenvalue weighted by atomic mass is 10.1. The lowest BCUT2D eigenvalue weighted by Gasteiger charge is -2.10. The highest BCUT2D eigenvalue weighted by molar-refractivity contribution is 7.09. The van der Waals surface area contributed by atoms with Gasteiger partial charge in [0, 0.05) is 11.9 Å². The molecule has 7 nitrogen and oxygen atoms in total. The van der Waals surface area contributed by atoms with Gasteiger partial charge in [-0.2, -0.15) is 0 Å². The summed E-state index contributed by atoms with van der Waals surface area (Å²) < 4.78 is 59.0. The van der Waals surface area contributed by atoms with Crippen LogP contribution in [0.25, 0.3) is 0 Å². The first-order valence-corrected chi connectivity index (χ1v) is 10.8. The Balaban J connectivity index is 1.38. The van der Waals surface area contributed by atoms with E-state index in [2.05, 4.69) is 20.4 Å². The summed E-state index contributed by atoms with van der Waals surface area (Å²) in [6.07, 6.45) is -4.45. The molecule has 0 saturated carbocycles. The molecule has 0 fully saturated rings. The number of carbonyl (C=O) groups excluding carboxylic acids is 2. The summed E-state index contributed by atoms with van der Waals surface area (Å²) in [6.45, 7) is -0.0635. The van der Waals surface area contributed by atoms with Gasteiger partial charge in [0.05, 0.1) is 6.54 Å². The smallest absolute Gasteiger partial charge is 0.484 e. The van der Waals surface area contributed by atoms with E-state index in [4.69, 9.17) is 4.74 Å². The standard InChI is InChI=1S/C22H19F4N3O4S/c23-17-4-2-1-3-14(17)9-10-27-21(31)18-13-34-20(29-18)11-28-19(30)12-32-15-5-7-16(8-6-15)33-22(24,25)26/h1-8,13H,9-12H2,(H,27,31)(H,28,30). The van der Waals surface area contributed by atoms with Gasteiger partial charge in [-0.25, -0.2) is 9.37 Å². The third-order valence-corrected chi connectivity index (χ3v) is 5.13. The molecular weight excluding hydrogens is 478 g/mol. The molecule has 0 atom stereocenters. The van der Waals surface area contributed by atoms with E-state index in [1.165, 1.54) is 29.5 Å².